The van der Waals surface area contributed by atoms with E-state index in [0.717, 1.165) is 56.7 Å². The van der Waals surface area contributed by atoms with Crippen LogP contribution in [0.25, 0.3) is 5.69 Å². The highest BCUT2D eigenvalue weighted by atomic mass is 19.1. The predicted octanol–water partition coefficient (Wildman–Crippen LogP) is 3.90. The first-order valence-electron chi connectivity index (χ1n) is 11.4. The smallest absolute Gasteiger partial charge is 0.246 e. The molecule has 1 unspecified atom stereocenters. The molecule has 2 aromatic carbocycles. The van der Waals surface area contributed by atoms with Crippen LogP contribution >= 0.6 is 0 Å². The number of nitrogens with one attached hydrogen (secondary N) is 1. The van der Waals surface area contributed by atoms with Gasteiger partial charge in [0, 0.05) is 49.7 Å². The summed E-state index contributed by atoms with van der Waals surface area (Å²) in [5.41, 5.74) is 3.48. The monoisotopic (exact) mass is 454 g/mol. The number of morpholine rings is 1. The summed E-state index contributed by atoms with van der Waals surface area (Å²) in [6.45, 7) is 7.78. The van der Waals surface area contributed by atoms with Crippen molar-refractivity contribution in [2.24, 2.45) is 0 Å². The van der Waals surface area contributed by atoms with Gasteiger partial charge in [-0.15, -0.1) is 5.10 Å². The highest BCUT2D eigenvalue weighted by molar-refractivity contribution is 5.64. The highest BCUT2D eigenvalue weighted by Crippen LogP contribution is 2.30. The van der Waals surface area contributed by atoms with Gasteiger partial charge in [-0.25, -0.2) is 13.5 Å². The minimum absolute atomic E-state index is 0.279. The molecule has 2 saturated heterocycles. The molecule has 0 aliphatic carbocycles. The third kappa shape index (κ3) is 5.15. The van der Waals surface area contributed by atoms with Crippen LogP contribution in [0.3, 0.4) is 0 Å². The Morgan fingerprint density at radius 1 is 1.00 bits per heavy atom. The fraction of sp³-hybridized carbons (Fsp3) is 0.417. The van der Waals surface area contributed by atoms with Gasteiger partial charge in [-0.05, 0) is 55.7 Å². The summed E-state index contributed by atoms with van der Waals surface area (Å²) >= 11 is 0. The van der Waals surface area contributed by atoms with E-state index in [2.05, 4.69) is 44.3 Å². The first-order chi connectivity index (χ1) is 16.0. The van der Waals surface area contributed by atoms with E-state index in [0.29, 0.717) is 12.0 Å². The molecular formula is C24H28F2N6O. The third-order valence-electron chi connectivity index (χ3n) is 6.20. The van der Waals surface area contributed by atoms with Crippen molar-refractivity contribution in [1.29, 1.82) is 0 Å². The average Bonchev–Trinajstić information content (AvgIpc) is 3.43. The van der Waals surface area contributed by atoms with Crippen molar-refractivity contribution in [3.8, 4) is 5.69 Å². The second-order valence-corrected chi connectivity index (χ2v) is 8.73. The molecule has 1 N–H and O–H groups in total. The summed E-state index contributed by atoms with van der Waals surface area (Å²) in [6, 6.07) is 10.1. The molecule has 5 rings (SSSR count). The van der Waals surface area contributed by atoms with Gasteiger partial charge in [0.05, 0.1) is 18.9 Å². The number of rotatable bonds is 6. The standard InChI is InChI=1S/C24H28F2N6O/c1-17-9-20(28-24-27-16-32(29-24)23-12-18(25)11-19(26)13-23)14-22(10-17)31-4-2-3-21(31)15-30-5-7-33-8-6-30/h9-14,16,21H,2-8,15H2,1H3,(H,28,29). The molecule has 2 aliphatic heterocycles. The Morgan fingerprint density at radius 3 is 2.58 bits per heavy atom. The predicted molar refractivity (Wildman–Crippen MR) is 123 cm³/mol. The van der Waals surface area contributed by atoms with Gasteiger partial charge in [-0.1, -0.05) is 0 Å². The fourth-order valence-electron chi connectivity index (χ4n) is 4.69. The molecule has 1 atom stereocenters. The number of aromatic nitrogens is 3. The van der Waals surface area contributed by atoms with Crippen molar-refractivity contribution in [2.75, 3.05) is 49.6 Å². The Balaban J connectivity index is 1.32. The molecule has 0 saturated carbocycles. The van der Waals surface area contributed by atoms with Crippen LogP contribution in [0.2, 0.25) is 0 Å². The van der Waals surface area contributed by atoms with Crippen LogP contribution in [0, 0.1) is 18.6 Å². The molecule has 9 heteroatoms. The van der Waals surface area contributed by atoms with Crippen LogP contribution in [0.1, 0.15) is 18.4 Å². The number of aryl methyl sites for hydroxylation is 1. The summed E-state index contributed by atoms with van der Waals surface area (Å²) in [7, 11) is 0. The molecule has 0 bridgehead atoms. The topological polar surface area (TPSA) is 58.5 Å². The minimum atomic E-state index is -0.657. The Bertz CT molecular complexity index is 1090. The summed E-state index contributed by atoms with van der Waals surface area (Å²) < 4.78 is 33.9. The molecular weight excluding hydrogens is 426 g/mol. The lowest BCUT2D eigenvalue weighted by Crippen LogP contribution is -2.45. The van der Waals surface area contributed by atoms with Gasteiger partial charge in [0.25, 0.3) is 0 Å². The fourth-order valence-corrected chi connectivity index (χ4v) is 4.69. The number of hydrogen-bond donors (Lipinski definition) is 1. The van der Waals surface area contributed by atoms with Gasteiger partial charge in [0.1, 0.15) is 18.0 Å². The zero-order chi connectivity index (χ0) is 22.8. The molecule has 174 valence electrons. The number of benzene rings is 2. The molecule has 33 heavy (non-hydrogen) atoms. The molecule has 2 fully saturated rings. The second-order valence-electron chi connectivity index (χ2n) is 8.73. The quantitative estimate of drug-likeness (QED) is 0.610. The Morgan fingerprint density at radius 2 is 1.79 bits per heavy atom. The molecule has 7 nitrogen and oxygen atoms in total. The molecule has 3 heterocycles. The van der Waals surface area contributed by atoms with Crippen molar-refractivity contribution in [3.05, 3.63) is 59.9 Å². The lowest BCUT2D eigenvalue weighted by molar-refractivity contribution is 0.0355. The third-order valence-corrected chi connectivity index (χ3v) is 6.20. The SMILES string of the molecule is Cc1cc(Nc2ncn(-c3cc(F)cc(F)c3)n2)cc(N2CCCC2CN2CCOCC2)c1. The van der Waals surface area contributed by atoms with Crippen LogP contribution in [0.4, 0.5) is 26.1 Å². The van der Waals surface area contributed by atoms with Crippen molar-refractivity contribution in [2.45, 2.75) is 25.8 Å². The van der Waals surface area contributed by atoms with E-state index in [1.165, 1.54) is 41.7 Å². The van der Waals surface area contributed by atoms with E-state index < -0.39 is 11.6 Å². The van der Waals surface area contributed by atoms with Crippen molar-refractivity contribution in [3.63, 3.8) is 0 Å². The Hall–Kier alpha value is -3.04. The molecule has 1 aromatic heterocycles. The number of hydrogen-bond acceptors (Lipinski definition) is 6. The van der Waals surface area contributed by atoms with E-state index in [1.807, 2.05) is 6.07 Å². The lowest BCUT2D eigenvalue weighted by Gasteiger charge is -2.34. The maximum Gasteiger partial charge on any atom is 0.246 e. The second kappa shape index (κ2) is 9.44. The van der Waals surface area contributed by atoms with Gasteiger partial charge < -0.3 is 15.0 Å². The molecule has 0 spiro atoms. The zero-order valence-electron chi connectivity index (χ0n) is 18.7. The molecule has 2 aliphatic rings. The van der Waals surface area contributed by atoms with E-state index in [4.69, 9.17) is 4.74 Å². The maximum absolute atomic E-state index is 13.6. The van der Waals surface area contributed by atoms with Crippen LogP contribution in [-0.2, 0) is 4.74 Å². The van der Waals surface area contributed by atoms with Crippen molar-refractivity contribution in [1.82, 2.24) is 19.7 Å². The minimum Gasteiger partial charge on any atom is -0.379 e. The van der Waals surface area contributed by atoms with Gasteiger partial charge in [0.15, 0.2) is 0 Å². The van der Waals surface area contributed by atoms with E-state index in [-0.39, 0.29) is 5.69 Å². The Kier molecular flexibility index (Phi) is 6.24. The number of nitrogens with zero attached hydrogens (tertiary/aromatic N) is 5. The number of halogens is 2. The summed E-state index contributed by atoms with van der Waals surface area (Å²) in [6.07, 6.45) is 3.80. The lowest BCUT2D eigenvalue weighted by atomic mass is 10.1. The summed E-state index contributed by atoms with van der Waals surface area (Å²) in [5, 5.41) is 7.58. The van der Waals surface area contributed by atoms with Gasteiger partial charge in [0.2, 0.25) is 5.95 Å². The first kappa shape index (κ1) is 21.8. The van der Waals surface area contributed by atoms with Crippen LogP contribution in [0.5, 0.6) is 0 Å². The molecule has 0 amide bonds. The summed E-state index contributed by atoms with van der Waals surface area (Å²) in [4.78, 5) is 9.25. The van der Waals surface area contributed by atoms with Crippen LogP contribution < -0.4 is 10.2 Å². The van der Waals surface area contributed by atoms with Gasteiger partial charge in [-0.2, -0.15) is 4.98 Å². The summed E-state index contributed by atoms with van der Waals surface area (Å²) in [5.74, 6) is -0.950. The largest absolute Gasteiger partial charge is 0.379 e. The van der Waals surface area contributed by atoms with Crippen molar-refractivity contribution >= 4 is 17.3 Å². The highest BCUT2D eigenvalue weighted by Gasteiger charge is 2.27. The normalized spacial score (nSPS) is 19.2. The van der Waals surface area contributed by atoms with Gasteiger partial charge in [-0.3, -0.25) is 4.90 Å². The van der Waals surface area contributed by atoms with Crippen LogP contribution in [-0.4, -0.2) is 65.1 Å². The van der Waals surface area contributed by atoms with E-state index >= 15 is 0 Å². The number of anilines is 3. The zero-order valence-corrected chi connectivity index (χ0v) is 18.7. The van der Waals surface area contributed by atoms with Crippen molar-refractivity contribution < 1.29 is 13.5 Å². The van der Waals surface area contributed by atoms with E-state index in [9.17, 15) is 8.78 Å². The number of ether oxygens (including phenoxy) is 1. The van der Waals surface area contributed by atoms with E-state index in [1.54, 1.807) is 0 Å². The molecule has 3 aromatic rings. The Labute approximate surface area is 192 Å². The van der Waals surface area contributed by atoms with Gasteiger partial charge >= 0.3 is 0 Å². The average molecular weight is 455 g/mol. The maximum atomic E-state index is 13.6. The first-order valence-corrected chi connectivity index (χ1v) is 11.4. The van der Waals surface area contributed by atoms with Crippen LogP contribution in [0.15, 0.2) is 42.7 Å². The molecule has 0 radical (unpaired) electrons.